The molecule has 0 aromatic carbocycles. The molecule has 0 saturated carbocycles. The fourth-order valence-corrected chi connectivity index (χ4v) is 1.72. The lowest BCUT2D eigenvalue weighted by Crippen LogP contribution is -2.32. The van der Waals surface area contributed by atoms with Gasteiger partial charge in [-0.3, -0.25) is 0 Å². The lowest BCUT2D eigenvalue weighted by molar-refractivity contribution is 0.0231. The van der Waals surface area contributed by atoms with E-state index in [0.717, 1.165) is 25.3 Å². The van der Waals surface area contributed by atoms with Crippen LogP contribution >= 0.6 is 0 Å². The molecule has 0 aliphatic carbocycles. The summed E-state index contributed by atoms with van der Waals surface area (Å²) in [6.07, 6.45) is 4.10. The van der Waals surface area contributed by atoms with Gasteiger partial charge in [-0.1, -0.05) is 0 Å². The molecule has 76 valence electrons. The van der Waals surface area contributed by atoms with Crippen molar-refractivity contribution in [2.75, 3.05) is 11.9 Å². The minimum absolute atomic E-state index is 0.345. The molecule has 2 unspecified atom stereocenters. The summed E-state index contributed by atoms with van der Waals surface area (Å²) in [4.78, 5) is 0. The normalized spacial score (nSPS) is 27.2. The number of rotatable bonds is 2. The van der Waals surface area contributed by atoms with Crippen molar-refractivity contribution in [2.45, 2.75) is 31.9 Å². The number of hydrogen-bond donors (Lipinski definition) is 1. The van der Waals surface area contributed by atoms with E-state index in [4.69, 9.17) is 4.74 Å². The van der Waals surface area contributed by atoms with E-state index in [1.807, 2.05) is 12.1 Å². The minimum atomic E-state index is 0.345. The Hall–Kier alpha value is -1.16. The molecule has 1 aliphatic rings. The first kappa shape index (κ1) is 9.40. The SMILES string of the molecule is CC1CC(Nc2cccnn2)CCO1. The quantitative estimate of drug-likeness (QED) is 0.772. The van der Waals surface area contributed by atoms with Crippen LogP contribution in [0, 0.1) is 0 Å². The molecular formula is C10H15N3O. The molecule has 1 aromatic rings. The van der Waals surface area contributed by atoms with Crippen molar-refractivity contribution in [2.24, 2.45) is 0 Å². The Bertz CT molecular complexity index is 278. The van der Waals surface area contributed by atoms with Gasteiger partial charge in [0.2, 0.25) is 0 Å². The number of nitrogens with zero attached hydrogens (tertiary/aromatic N) is 2. The van der Waals surface area contributed by atoms with Crippen molar-refractivity contribution in [3.05, 3.63) is 18.3 Å². The lowest BCUT2D eigenvalue weighted by Gasteiger charge is -2.28. The zero-order chi connectivity index (χ0) is 9.80. The van der Waals surface area contributed by atoms with Crippen molar-refractivity contribution >= 4 is 5.82 Å². The van der Waals surface area contributed by atoms with Crippen molar-refractivity contribution in [3.8, 4) is 0 Å². The Morgan fingerprint density at radius 3 is 3.21 bits per heavy atom. The maximum absolute atomic E-state index is 5.47. The van der Waals surface area contributed by atoms with Gasteiger partial charge in [-0.25, -0.2) is 0 Å². The van der Waals surface area contributed by atoms with E-state index in [-0.39, 0.29) is 0 Å². The minimum Gasteiger partial charge on any atom is -0.378 e. The summed E-state index contributed by atoms with van der Waals surface area (Å²) in [6, 6.07) is 4.29. The maximum atomic E-state index is 5.47. The molecule has 1 saturated heterocycles. The van der Waals surface area contributed by atoms with E-state index >= 15 is 0 Å². The third kappa shape index (κ3) is 2.42. The Kier molecular flexibility index (Phi) is 2.93. The smallest absolute Gasteiger partial charge is 0.148 e. The molecule has 1 aromatic heterocycles. The van der Waals surface area contributed by atoms with Crippen LogP contribution in [0.1, 0.15) is 19.8 Å². The number of nitrogens with one attached hydrogen (secondary N) is 1. The molecule has 0 radical (unpaired) electrons. The van der Waals surface area contributed by atoms with Crippen molar-refractivity contribution < 1.29 is 4.74 Å². The Balaban J connectivity index is 1.91. The fraction of sp³-hybridized carbons (Fsp3) is 0.600. The van der Waals surface area contributed by atoms with Crippen LogP contribution in [0.15, 0.2) is 18.3 Å². The summed E-state index contributed by atoms with van der Waals surface area (Å²) in [6.45, 7) is 2.93. The fourth-order valence-electron chi connectivity index (χ4n) is 1.72. The number of aromatic nitrogens is 2. The summed E-state index contributed by atoms with van der Waals surface area (Å²) >= 11 is 0. The highest BCUT2D eigenvalue weighted by molar-refractivity contribution is 5.32. The highest BCUT2D eigenvalue weighted by Gasteiger charge is 2.19. The molecule has 2 rings (SSSR count). The van der Waals surface area contributed by atoms with Crippen molar-refractivity contribution in [3.63, 3.8) is 0 Å². The average molecular weight is 193 g/mol. The van der Waals surface area contributed by atoms with Gasteiger partial charge in [-0.2, -0.15) is 5.10 Å². The highest BCUT2D eigenvalue weighted by atomic mass is 16.5. The first-order chi connectivity index (χ1) is 6.84. The maximum Gasteiger partial charge on any atom is 0.148 e. The first-order valence-electron chi connectivity index (χ1n) is 5.00. The second-order valence-corrected chi connectivity index (χ2v) is 3.66. The molecular weight excluding hydrogens is 178 g/mol. The van der Waals surface area contributed by atoms with Crippen molar-refractivity contribution in [1.82, 2.24) is 10.2 Å². The van der Waals surface area contributed by atoms with Crippen LogP contribution in [0.4, 0.5) is 5.82 Å². The van der Waals surface area contributed by atoms with E-state index in [1.54, 1.807) is 6.20 Å². The third-order valence-corrected chi connectivity index (χ3v) is 2.41. The first-order valence-corrected chi connectivity index (χ1v) is 5.00. The predicted molar refractivity (Wildman–Crippen MR) is 54.1 cm³/mol. The molecule has 0 amide bonds. The second-order valence-electron chi connectivity index (χ2n) is 3.66. The summed E-state index contributed by atoms with van der Waals surface area (Å²) in [5, 5.41) is 11.2. The van der Waals surface area contributed by atoms with E-state index in [1.165, 1.54) is 0 Å². The van der Waals surface area contributed by atoms with Gasteiger partial charge in [-0.15, -0.1) is 5.10 Å². The molecule has 4 nitrogen and oxygen atoms in total. The highest BCUT2D eigenvalue weighted by Crippen LogP contribution is 2.16. The summed E-state index contributed by atoms with van der Waals surface area (Å²) in [5.41, 5.74) is 0. The van der Waals surface area contributed by atoms with Crippen LogP contribution in [0.25, 0.3) is 0 Å². The number of anilines is 1. The van der Waals surface area contributed by atoms with Crippen LogP contribution in [0.3, 0.4) is 0 Å². The van der Waals surface area contributed by atoms with Gasteiger partial charge in [0.05, 0.1) is 6.10 Å². The van der Waals surface area contributed by atoms with Gasteiger partial charge in [0.25, 0.3) is 0 Å². The van der Waals surface area contributed by atoms with Gasteiger partial charge in [0.15, 0.2) is 0 Å². The van der Waals surface area contributed by atoms with Crippen LogP contribution in [-0.2, 0) is 4.74 Å². The molecule has 1 fully saturated rings. The lowest BCUT2D eigenvalue weighted by atomic mass is 10.0. The Morgan fingerprint density at radius 1 is 1.57 bits per heavy atom. The topological polar surface area (TPSA) is 47.0 Å². The predicted octanol–water partition coefficient (Wildman–Crippen LogP) is 1.46. The largest absolute Gasteiger partial charge is 0.378 e. The summed E-state index contributed by atoms with van der Waals surface area (Å²) in [7, 11) is 0. The average Bonchev–Trinajstić information content (AvgIpc) is 2.19. The molecule has 1 N–H and O–H groups in total. The van der Waals surface area contributed by atoms with Crippen LogP contribution in [-0.4, -0.2) is 29.0 Å². The van der Waals surface area contributed by atoms with Crippen LogP contribution in [0.2, 0.25) is 0 Å². The summed E-state index contributed by atoms with van der Waals surface area (Å²) in [5.74, 6) is 0.853. The Morgan fingerprint density at radius 2 is 2.50 bits per heavy atom. The molecule has 14 heavy (non-hydrogen) atoms. The van der Waals surface area contributed by atoms with Gasteiger partial charge in [0.1, 0.15) is 5.82 Å². The van der Waals surface area contributed by atoms with Gasteiger partial charge in [0, 0.05) is 18.8 Å². The molecule has 1 aliphatic heterocycles. The van der Waals surface area contributed by atoms with Gasteiger partial charge in [-0.05, 0) is 31.9 Å². The standard InChI is InChI=1S/C10H15N3O/c1-8-7-9(4-6-14-8)12-10-3-2-5-11-13-10/h2-3,5,8-9H,4,6-7H2,1H3,(H,12,13). The monoisotopic (exact) mass is 193 g/mol. The molecule has 0 spiro atoms. The molecule has 2 atom stereocenters. The van der Waals surface area contributed by atoms with Gasteiger partial charge < -0.3 is 10.1 Å². The van der Waals surface area contributed by atoms with Crippen LogP contribution < -0.4 is 5.32 Å². The molecule has 4 heteroatoms. The third-order valence-electron chi connectivity index (χ3n) is 2.41. The summed E-state index contributed by atoms with van der Waals surface area (Å²) < 4.78 is 5.47. The Labute approximate surface area is 83.7 Å². The number of ether oxygens (including phenoxy) is 1. The van der Waals surface area contributed by atoms with Crippen LogP contribution in [0.5, 0.6) is 0 Å². The molecule has 0 bridgehead atoms. The van der Waals surface area contributed by atoms with Gasteiger partial charge >= 0.3 is 0 Å². The van der Waals surface area contributed by atoms with E-state index in [0.29, 0.717) is 12.1 Å². The van der Waals surface area contributed by atoms with E-state index in [2.05, 4.69) is 22.4 Å². The zero-order valence-corrected chi connectivity index (χ0v) is 8.31. The van der Waals surface area contributed by atoms with E-state index < -0.39 is 0 Å². The molecule has 2 heterocycles. The number of hydrogen-bond acceptors (Lipinski definition) is 4. The second kappa shape index (κ2) is 4.37. The zero-order valence-electron chi connectivity index (χ0n) is 8.31. The van der Waals surface area contributed by atoms with Crippen molar-refractivity contribution in [1.29, 1.82) is 0 Å². The van der Waals surface area contributed by atoms with E-state index in [9.17, 15) is 0 Å².